The number of fused-ring (bicyclic) bond motifs is 5. The fourth-order valence-electron chi connectivity index (χ4n) is 5.68. The third-order valence-electron chi connectivity index (χ3n) is 7.36. The number of non-ortho nitro benzene ring substituents is 1. The lowest BCUT2D eigenvalue weighted by molar-refractivity contribution is -0.384. The maximum atomic E-state index is 13.9. The fourth-order valence-corrected chi connectivity index (χ4v) is 5.68. The van der Waals surface area contributed by atoms with Crippen molar-refractivity contribution in [3.63, 3.8) is 0 Å². The molecular weight excluding hydrogens is 488 g/mol. The van der Waals surface area contributed by atoms with Gasteiger partial charge in [-0.3, -0.25) is 24.5 Å². The van der Waals surface area contributed by atoms with Gasteiger partial charge >= 0.3 is 0 Å². The standard InChI is InChI=1S/C28H22N4O6/c1-38-20-13-11-18(12-14-20)30-27(34)23-22-15-6-16-4-2-3-5-21(16)31(22)25(24(23)28(30)35)26(33)29-17-7-9-19(10-8-17)32(36)37/h2-15,22-25H,1H3,(H,29,33)/t22-,23-,24-,25+/m1/s1. The number of rotatable bonds is 5. The van der Waals surface area contributed by atoms with Gasteiger partial charge in [0.1, 0.15) is 11.8 Å². The van der Waals surface area contributed by atoms with Gasteiger partial charge in [0.15, 0.2) is 0 Å². The van der Waals surface area contributed by atoms with Crippen LogP contribution >= 0.6 is 0 Å². The summed E-state index contributed by atoms with van der Waals surface area (Å²) < 4.78 is 5.20. The number of carbonyl (C=O) groups is 3. The minimum atomic E-state index is -0.981. The summed E-state index contributed by atoms with van der Waals surface area (Å²) in [4.78, 5) is 54.9. The van der Waals surface area contributed by atoms with E-state index in [9.17, 15) is 24.5 Å². The van der Waals surface area contributed by atoms with E-state index in [0.29, 0.717) is 17.1 Å². The zero-order valence-electron chi connectivity index (χ0n) is 20.2. The van der Waals surface area contributed by atoms with Gasteiger partial charge in [-0.15, -0.1) is 0 Å². The highest BCUT2D eigenvalue weighted by atomic mass is 16.6. The largest absolute Gasteiger partial charge is 0.497 e. The number of nitro benzene ring substituents is 1. The summed E-state index contributed by atoms with van der Waals surface area (Å²) in [6.45, 7) is 0. The quantitative estimate of drug-likeness (QED) is 0.316. The number of hydrogen-bond acceptors (Lipinski definition) is 7. The van der Waals surface area contributed by atoms with Crippen LogP contribution in [0.1, 0.15) is 5.56 Å². The van der Waals surface area contributed by atoms with Crippen molar-refractivity contribution in [2.24, 2.45) is 11.8 Å². The van der Waals surface area contributed by atoms with Crippen molar-refractivity contribution in [1.82, 2.24) is 0 Å². The van der Waals surface area contributed by atoms with Crippen LogP contribution in [0.5, 0.6) is 5.75 Å². The molecule has 10 nitrogen and oxygen atoms in total. The number of amides is 3. The molecular formula is C28H22N4O6. The Labute approximate surface area is 217 Å². The minimum absolute atomic E-state index is 0.106. The Bertz CT molecular complexity index is 1500. The van der Waals surface area contributed by atoms with Crippen LogP contribution in [0.2, 0.25) is 0 Å². The van der Waals surface area contributed by atoms with Gasteiger partial charge in [-0.2, -0.15) is 0 Å². The van der Waals surface area contributed by atoms with E-state index in [1.165, 1.54) is 31.4 Å². The number of nitrogens with one attached hydrogen (secondary N) is 1. The molecule has 0 aliphatic carbocycles. The van der Waals surface area contributed by atoms with Crippen LogP contribution < -0.4 is 19.9 Å². The zero-order chi connectivity index (χ0) is 26.6. The van der Waals surface area contributed by atoms with Gasteiger partial charge in [0.05, 0.1) is 35.6 Å². The topological polar surface area (TPSA) is 122 Å². The van der Waals surface area contributed by atoms with Crippen molar-refractivity contribution in [2.75, 3.05) is 22.2 Å². The van der Waals surface area contributed by atoms with Gasteiger partial charge in [-0.1, -0.05) is 30.4 Å². The molecule has 10 heteroatoms. The summed E-state index contributed by atoms with van der Waals surface area (Å²) >= 11 is 0. The number of hydrogen-bond donors (Lipinski definition) is 1. The molecule has 3 heterocycles. The van der Waals surface area contributed by atoms with Crippen LogP contribution in [0.15, 0.2) is 78.9 Å². The van der Waals surface area contributed by atoms with Crippen LogP contribution in [0, 0.1) is 22.0 Å². The molecule has 0 aromatic heterocycles. The number of anilines is 3. The van der Waals surface area contributed by atoms with E-state index < -0.39 is 40.7 Å². The third-order valence-corrected chi connectivity index (χ3v) is 7.36. The van der Waals surface area contributed by atoms with Crippen LogP contribution in [-0.2, 0) is 14.4 Å². The second-order valence-electron chi connectivity index (χ2n) is 9.32. The highest BCUT2D eigenvalue weighted by Crippen LogP contribution is 2.49. The number of ether oxygens (including phenoxy) is 1. The number of benzene rings is 3. The maximum absolute atomic E-state index is 13.9. The molecule has 38 heavy (non-hydrogen) atoms. The van der Waals surface area contributed by atoms with Gasteiger partial charge in [-0.25, -0.2) is 4.90 Å². The molecule has 3 aromatic carbocycles. The average molecular weight is 511 g/mol. The Morgan fingerprint density at radius 2 is 1.63 bits per heavy atom. The van der Waals surface area contributed by atoms with Crippen molar-refractivity contribution in [1.29, 1.82) is 0 Å². The summed E-state index contributed by atoms with van der Waals surface area (Å²) in [5.74, 6) is -2.39. The van der Waals surface area contributed by atoms with Crippen LogP contribution in [-0.4, -0.2) is 41.8 Å². The van der Waals surface area contributed by atoms with Crippen LogP contribution in [0.25, 0.3) is 6.08 Å². The molecule has 0 spiro atoms. The summed E-state index contributed by atoms with van der Waals surface area (Å²) in [6, 6.07) is 18.1. The third kappa shape index (κ3) is 3.52. The van der Waals surface area contributed by atoms with Gasteiger partial charge in [-0.05, 0) is 48.0 Å². The van der Waals surface area contributed by atoms with Gasteiger partial charge in [0, 0.05) is 23.5 Å². The Balaban J connectivity index is 1.39. The number of nitrogens with zero attached hydrogens (tertiary/aromatic N) is 3. The number of imide groups is 1. The molecule has 0 bridgehead atoms. The van der Waals surface area contributed by atoms with Crippen molar-refractivity contribution >= 4 is 46.5 Å². The fraction of sp³-hybridized carbons (Fsp3) is 0.179. The molecule has 0 saturated carbocycles. The van der Waals surface area contributed by atoms with E-state index in [0.717, 1.165) is 16.2 Å². The lowest BCUT2D eigenvalue weighted by Gasteiger charge is -2.36. The SMILES string of the molecule is COc1ccc(N2C(=O)[C@@H]3[C@H](C2=O)[C@H]2C=Cc4ccccc4N2[C@@H]3C(=O)Nc2ccc([N+](=O)[O-])cc2)cc1. The molecule has 2 saturated heterocycles. The molecule has 2 fully saturated rings. The van der Waals surface area contributed by atoms with Gasteiger partial charge < -0.3 is 15.0 Å². The highest BCUT2D eigenvalue weighted by molar-refractivity contribution is 6.25. The van der Waals surface area contributed by atoms with E-state index in [1.54, 1.807) is 24.3 Å². The van der Waals surface area contributed by atoms with Crippen molar-refractivity contribution in [3.8, 4) is 5.75 Å². The van der Waals surface area contributed by atoms with Crippen molar-refractivity contribution in [3.05, 3.63) is 94.6 Å². The molecule has 3 amide bonds. The predicted molar refractivity (Wildman–Crippen MR) is 140 cm³/mol. The molecule has 0 radical (unpaired) electrons. The maximum Gasteiger partial charge on any atom is 0.269 e. The zero-order valence-corrected chi connectivity index (χ0v) is 20.2. The van der Waals surface area contributed by atoms with Gasteiger partial charge in [0.2, 0.25) is 17.7 Å². The smallest absolute Gasteiger partial charge is 0.269 e. The van der Waals surface area contributed by atoms with E-state index in [1.807, 2.05) is 41.3 Å². The summed E-state index contributed by atoms with van der Waals surface area (Å²) in [5.41, 5.74) is 2.30. The minimum Gasteiger partial charge on any atom is -0.497 e. The average Bonchev–Trinajstić information content (AvgIpc) is 3.41. The number of carbonyl (C=O) groups excluding carboxylic acids is 3. The molecule has 3 aromatic rings. The Morgan fingerprint density at radius 1 is 0.947 bits per heavy atom. The Morgan fingerprint density at radius 3 is 2.32 bits per heavy atom. The number of para-hydroxylation sites is 1. The van der Waals surface area contributed by atoms with Crippen molar-refractivity contribution < 1.29 is 24.0 Å². The predicted octanol–water partition coefficient (Wildman–Crippen LogP) is 3.63. The van der Waals surface area contributed by atoms with E-state index >= 15 is 0 Å². The van der Waals surface area contributed by atoms with E-state index in [2.05, 4.69) is 5.32 Å². The molecule has 4 atom stereocenters. The second kappa shape index (κ2) is 8.84. The Hall–Kier alpha value is -4.99. The molecule has 3 aliphatic rings. The molecule has 0 unspecified atom stereocenters. The lowest BCUT2D eigenvalue weighted by atomic mass is 9.88. The monoisotopic (exact) mass is 510 g/mol. The van der Waals surface area contributed by atoms with E-state index in [-0.39, 0.29) is 11.6 Å². The first-order valence-corrected chi connectivity index (χ1v) is 12.0. The van der Waals surface area contributed by atoms with Gasteiger partial charge in [0.25, 0.3) is 5.69 Å². The normalized spacial score (nSPS) is 23.1. The van der Waals surface area contributed by atoms with Crippen LogP contribution in [0.3, 0.4) is 0 Å². The molecule has 6 rings (SSSR count). The first kappa shape index (κ1) is 23.4. The molecule has 1 N–H and O–H groups in total. The summed E-state index contributed by atoms with van der Waals surface area (Å²) in [5, 5.41) is 13.8. The van der Waals surface area contributed by atoms with Crippen LogP contribution in [0.4, 0.5) is 22.7 Å². The highest BCUT2D eigenvalue weighted by Gasteiger charge is 2.64. The Kier molecular flexibility index (Phi) is 5.45. The lowest BCUT2D eigenvalue weighted by Crippen LogP contribution is -2.50. The summed E-state index contributed by atoms with van der Waals surface area (Å²) in [6.07, 6.45) is 3.79. The first-order valence-electron chi connectivity index (χ1n) is 12.0. The summed E-state index contributed by atoms with van der Waals surface area (Å²) in [7, 11) is 1.53. The number of methoxy groups -OCH3 is 1. The second-order valence-corrected chi connectivity index (χ2v) is 9.32. The molecule has 3 aliphatic heterocycles. The first-order chi connectivity index (χ1) is 18.4. The van der Waals surface area contributed by atoms with E-state index in [4.69, 9.17) is 4.74 Å². The molecule has 190 valence electrons. The number of nitro groups is 1. The van der Waals surface area contributed by atoms with Crippen molar-refractivity contribution in [2.45, 2.75) is 12.1 Å².